The number of anilines is 2. The summed E-state index contributed by atoms with van der Waals surface area (Å²) in [5, 5.41) is 6.10. The second kappa shape index (κ2) is 6.99. The molecule has 18 heavy (non-hydrogen) atoms. The maximum absolute atomic E-state index is 11.9. The molecule has 0 bridgehead atoms. The van der Waals surface area contributed by atoms with Crippen molar-refractivity contribution in [1.82, 2.24) is 4.98 Å². The zero-order valence-electron chi connectivity index (χ0n) is 11.7. The average molecular weight is 249 g/mol. The third-order valence-corrected chi connectivity index (χ3v) is 2.83. The number of pyridine rings is 1. The van der Waals surface area contributed by atoms with E-state index in [4.69, 9.17) is 0 Å². The minimum atomic E-state index is 0.0528. The number of nitrogens with one attached hydrogen (secondary N) is 2. The zero-order chi connectivity index (χ0) is 13.5. The molecule has 1 aromatic heterocycles. The van der Waals surface area contributed by atoms with E-state index in [9.17, 15) is 4.79 Å². The van der Waals surface area contributed by atoms with E-state index in [-0.39, 0.29) is 11.8 Å². The van der Waals surface area contributed by atoms with Crippen LogP contribution in [0.2, 0.25) is 0 Å². The predicted molar refractivity (Wildman–Crippen MR) is 75.7 cm³/mol. The van der Waals surface area contributed by atoms with Gasteiger partial charge in [-0.05, 0) is 38.8 Å². The molecule has 4 heteroatoms. The molecular formula is C14H23N3O. The number of carbonyl (C=O) groups excluding carboxylic acids is 1. The highest BCUT2D eigenvalue weighted by Gasteiger charge is 2.14. The van der Waals surface area contributed by atoms with Crippen LogP contribution in [0.1, 0.15) is 40.5 Å². The number of amides is 1. The average Bonchev–Trinajstić information content (AvgIpc) is 2.32. The summed E-state index contributed by atoms with van der Waals surface area (Å²) in [6, 6.07) is 4.12. The van der Waals surface area contributed by atoms with Crippen LogP contribution in [0.5, 0.6) is 0 Å². The van der Waals surface area contributed by atoms with Crippen LogP contribution in [0.3, 0.4) is 0 Å². The lowest BCUT2D eigenvalue weighted by Crippen LogP contribution is -2.22. The van der Waals surface area contributed by atoms with Gasteiger partial charge in [0.15, 0.2) is 0 Å². The van der Waals surface area contributed by atoms with Crippen LogP contribution >= 0.6 is 0 Å². The summed E-state index contributed by atoms with van der Waals surface area (Å²) in [6.45, 7) is 8.19. The predicted octanol–water partition coefficient (Wildman–Crippen LogP) is 3.28. The molecule has 0 spiro atoms. The Morgan fingerprint density at radius 2 is 1.94 bits per heavy atom. The van der Waals surface area contributed by atoms with Gasteiger partial charge in [-0.1, -0.05) is 13.8 Å². The van der Waals surface area contributed by atoms with Gasteiger partial charge in [-0.15, -0.1) is 0 Å². The highest BCUT2D eigenvalue weighted by atomic mass is 16.1. The standard InChI is InChI=1S/C14H23N3O/c1-5-11(6-2)14(18)17-13-8-7-12(9-15-13)16-10(3)4/h7-11,16H,5-6H2,1-4H3,(H,15,17,18). The minimum Gasteiger partial charge on any atom is -0.382 e. The SMILES string of the molecule is CCC(CC)C(=O)Nc1ccc(NC(C)C)cn1. The third kappa shape index (κ3) is 4.35. The quantitative estimate of drug-likeness (QED) is 0.813. The maximum Gasteiger partial charge on any atom is 0.228 e. The molecule has 0 aromatic carbocycles. The van der Waals surface area contributed by atoms with Crippen LogP contribution in [0.4, 0.5) is 11.5 Å². The number of aromatic nitrogens is 1. The van der Waals surface area contributed by atoms with Crippen molar-refractivity contribution in [3.05, 3.63) is 18.3 Å². The van der Waals surface area contributed by atoms with E-state index in [1.165, 1.54) is 0 Å². The van der Waals surface area contributed by atoms with Crippen molar-refractivity contribution in [1.29, 1.82) is 0 Å². The molecule has 1 amide bonds. The van der Waals surface area contributed by atoms with Gasteiger partial charge in [0.05, 0.1) is 11.9 Å². The van der Waals surface area contributed by atoms with Crippen molar-refractivity contribution in [2.24, 2.45) is 5.92 Å². The van der Waals surface area contributed by atoms with E-state index in [0.29, 0.717) is 11.9 Å². The van der Waals surface area contributed by atoms with Gasteiger partial charge in [0, 0.05) is 12.0 Å². The van der Waals surface area contributed by atoms with Crippen molar-refractivity contribution in [3.63, 3.8) is 0 Å². The van der Waals surface area contributed by atoms with Crippen LogP contribution in [0.15, 0.2) is 18.3 Å². The topological polar surface area (TPSA) is 54.0 Å². The largest absolute Gasteiger partial charge is 0.382 e. The van der Waals surface area contributed by atoms with Gasteiger partial charge in [-0.25, -0.2) is 4.98 Å². The van der Waals surface area contributed by atoms with Crippen LogP contribution < -0.4 is 10.6 Å². The van der Waals surface area contributed by atoms with E-state index in [2.05, 4.69) is 29.5 Å². The van der Waals surface area contributed by atoms with Gasteiger partial charge < -0.3 is 10.6 Å². The molecule has 0 aliphatic carbocycles. The van der Waals surface area contributed by atoms with Gasteiger partial charge >= 0.3 is 0 Å². The molecule has 100 valence electrons. The van der Waals surface area contributed by atoms with Gasteiger partial charge in [0.1, 0.15) is 5.82 Å². The molecule has 1 rings (SSSR count). The van der Waals surface area contributed by atoms with Crippen molar-refractivity contribution >= 4 is 17.4 Å². The van der Waals surface area contributed by atoms with E-state index < -0.39 is 0 Å². The first-order chi connectivity index (χ1) is 8.56. The van der Waals surface area contributed by atoms with E-state index in [1.807, 2.05) is 26.0 Å². The van der Waals surface area contributed by atoms with E-state index in [0.717, 1.165) is 18.5 Å². The Morgan fingerprint density at radius 3 is 2.39 bits per heavy atom. The molecule has 4 nitrogen and oxygen atoms in total. The van der Waals surface area contributed by atoms with Crippen molar-refractivity contribution in [2.45, 2.75) is 46.6 Å². The Labute approximate surface area is 109 Å². The second-order valence-corrected chi connectivity index (χ2v) is 4.73. The van der Waals surface area contributed by atoms with Gasteiger partial charge in [0.2, 0.25) is 5.91 Å². The number of carbonyl (C=O) groups is 1. The van der Waals surface area contributed by atoms with Gasteiger partial charge in [-0.2, -0.15) is 0 Å². The summed E-state index contributed by atoms with van der Waals surface area (Å²) < 4.78 is 0. The van der Waals surface area contributed by atoms with Crippen molar-refractivity contribution in [3.8, 4) is 0 Å². The fraction of sp³-hybridized carbons (Fsp3) is 0.571. The lowest BCUT2D eigenvalue weighted by atomic mass is 10.0. The summed E-state index contributed by atoms with van der Waals surface area (Å²) in [7, 11) is 0. The molecule has 0 aliphatic rings. The van der Waals surface area contributed by atoms with Crippen molar-refractivity contribution in [2.75, 3.05) is 10.6 Å². The molecule has 0 saturated carbocycles. The van der Waals surface area contributed by atoms with Crippen molar-refractivity contribution < 1.29 is 4.79 Å². The fourth-order valence-electron chi connectivity index (χ4n) is 1.77. The van der Waals surface area contributed by atoms with E-state index >= 15 is 0 Å². The molecule has 2 N–H and O–H groups in total. The molecule has 0 radical (unpaired) electrons. The van der Waals surface area contributed by atoms with E-state index in [1.54, 1.807) is 6.20 Å². The molecule has 0 atom stereocenters. The Kier molecular flexibility index (Phi) is 5.62. The fourth-order valence-corrected chi connectivity index (χ4v) is 1.77. The third-order valence-electron chi connectivity index (χ3n) is 2.83. The monoisotopic (exact) mass is 249 g/mol. The first-order valence-corrected chi connectivity index (χ1v) is 6.60. The Morgan fingerprint density at radius 1 is 1.28 bits per heavy atom. The summed E-state index contributed by atoms with van der Waals surface area (Å²) in [4.78, 5) is 16.1. The Bertz CT molecular complexity index is 369. The van der Waals surface area contributed by atoms with Gasteiger partial charge in [-0.3, -0.25) is 4.79 Å². The summed E-state index contributed by atoms with van der Waals surface area (Å²) >= 11 is 0. The molecule has 0 aliphatic heterocycles. The lowest BCUT2D eigenvalue weighted by molar-refractivity contribution is -0.120. The summed E-state index contributed by atoms with van der Waals surface area (Å²) in [5.41, 5.74) is 0.963. The lowest BCUT2D eigenvalue weighted by Gasteiger charge is -2.13. The number of hydrogen-bond acceptors (Lipinski definition) is 3. The maximum atomic E-state index is 11.9. The highest BCUT2D eigenvalue weighted by molar-refractivity contribution is 5.91. The highest BCUT2D eigenvalue weighted by Crippen LogP contribution is 2.14. The van der Waals surface area contributed by atoms with Crippen LogP contribution in [0, 0.1) is 5.92 Å². The summed E-state index contributed by atoms with van der Waals surface area (Å²) in [6.07, 6.45) is 3.45. The van der Waals surface area contributed by atoms with Crippen LogP contribution in [-0.2, 0) is 4.79 Å². The molecule has 1 heterocycles. The number of hydrogen-bond donors (Lipinski definition) is 2. The van der Waals surface area contributed by atoms with Gasteiger partial charge in [0.25, 0.3) is 0 Å². The first kappa shape index (κ1) is 14.5. The van der Waals surface area contributed by atoms with Crippen LogP contribution in [0.25, 0.3) is 0 Å². The first-order valence-electron chi connectivity index (χ1n) is 6.60. The number of rotatable bonds is 6. The smallest absolute Gasteiger partial charge is 0.228 e. The molecule has 1 aromatic rings. The molecular weight excluding hydrogens is 226 g/mol. The Hall–Kier alpha value is -1.58. The summed E-state index contributed by atoms with van der Waals surface area (Å²) in [5.74, 6) is 0.735. The Balaban J connectivity index is 2.60. The molecule has 0 saturated heterocycles. The zero-order valence-corrected chi connectivity index (χ0v) is 11.7. The molecule has 0 unspecified atom stereocenters. The van der Waals surface area contributed by atoms with Crippen LogP contribution in [-0.4, -0.2) is 16.9 Å². The number of nitrogens with zero attached hydrogens (tertiary/aromatic N) is 1. The second-order valence-electron chi connectivity index (χ2n) is 4.73. The molecule has 0 fully saturated rings. The minimum absolute atomic E-state index is 0.0528. The normalized spacial score (nSPS) is 10.8.